The molecular weight excluding hydrogens is 224 g/mol. The summed E-state index contributed by atoms with van der Waals surface area (Å²) in [6.45, 7) is 8.81. The van der Waals surface area contributed by atoms with Crippen molar-refractivity contribution in [2.75, 3.05) is 31.9 Å². The van der Waals surface area contributed by atoms with E-state index in [9.17, 15) is 8.42 Å². The summed E-state index contributed by atoms with van der Waals surface area (Å²) in [5.41, 5.74) is 0. The fourth-order valence-electron chi connectivity index (χ4n) is 1.52. The van der Waals surface area contributed by atoms with Crippen LogP contribution in [0.5, 0.6) is 0 Å². The lowest BCUT2D eigenvalue weighted by atomic mass is 10.4. The normalized spacial score (nSPS) is 12.2. The van der Waals surface area contributed by atoms with Gasteiger partial charge in [-0.3, -0.25) is 0 Å². The molecule has 5 heteroatoms. The monoisotopic (exact) mass is 250 g/mol. The van der Waals surface area contributed by atoms with Gasteiger partial charge in [0.15, 0.2) is 0 Å². The van der Waals surface area contributed by atoms with Crippen LogP contribution in [0.4, 0.5) is 0 Å². The number of nitrogens with zero attached hydrogens (tertiary/aromatic N) is 1. The molecule has 0 amide bonds. The molecule has 0 fully saturated rings. The van der Waals surface area contributed by atoms with Crippen molar-refractivity contribution < 1.29 is 8.42 Å². The molecule has 0 aliphatic heterocycles. The first-order valence-electron chi connectivity index (χ1n) is 6.27. The van der Waals surface area contributed by atoms with E-state index in [0.717, 1.165) is 25.8 Å². The second kappa shape index (κ2) is 8.96. The Morgan fingerprint density at radius 2 is 1.50 bits per heavy atom. The van der Waals surface area contributed by atoms with Crippen LogP contribution in [0.15, 0.2) is 0 Å². The second-order valence-electron chi connectivity index (χ2n) is 3.97. The van der Waals surface area contributed by atoms with Crippen molar-refractivity contribution in [3.05, 3.63) is 0 Å². The summed E-state index contributed by atoms with van der Waals surface area (Å²) in [5.74, 6) is 0.215. The molecule has 1 N–H and O–H groups in total. The summed E-state index contributed by atoms with van der Waals surface area (Å²) in [7, 11) is -3.06. The number of rotatable bonds is 10. The zero-order valence-corrected chi connectivity index (χ0v) is 11.6. The van der Waals surface area contributed by atoms with Gasteiger partial charge in [0.2, 0.25) is 10.0 Å². The molecule has 16 heavy (non-hydrogen) atoms. The fourth-order valence-corrected chi connectivity index (χ4v) is 3.10. The maximum absolute atomic E-state index is 12.0. The van der Waals surface area contributed by atoms with Gasteiger partial charge in [0.05, 0.1) is 5.75 Å². The molecule has 0 saturated carbocycles. The molecular formula is C11H26N2O2S. The van der Waals surface area contributed by atoms with Gasteiger partial charge in [-0.2, -0.15) is 0 Å². The van der Waals surface area contributed by atoms with E-state index in [4.69, 9.17) is 0 Å². The molecule has 98 valence electrons. The van der Waals surface area contributed by atoms with Crippen molar-refractivity contribution in [3.8, 4) is 0 Å². The third-order valence-electron chi connectivity index (χ3n) is 2.30. The van der Waals surface area contributed by atoms with Crippen LogP contribution in [0.1, 0.15) is 40.0 Å². The molecule has 0 radical (unpaired) electrons. The number of sulfonamides is 1. The van der Waals surface area contributed by atoms with E-state index in [1.807, 2.05) is 13.8 Å². The average Bonchev–Trinajstić information content (AvgIpc) is 2.24. The maximum Gasteiger partial charge on any atom is 0.215 e. The van der Waals surface area contributed by atoms with Crippen molar-refractivity contribution in [1.29, 1.82) is 0 Å². The van der Waals surface area contributed by atoms with Gasteiger partial charge in [-0.15, -0.1) is 0 Å². The standard InChI is InChI=1S/C11H26N2O2S/c1-4-7-12-8-11-16(14,15)13(9-5-2)10-6-3/h12H,4-11H2,1-3H3. The lowest BCUT2D eigenvalue weighted by Gasteiger charge is -2.20. The zero-order chi connectivity index (χ0) is 12.4. The molecule has 0 heterocycles. The lowest BCUT2D eigenvalue weighted by Crippen LogP contribution is -2.37. The molecule has 0 bridgehead atoms. The van der Waals surface area contributed by atoms with E-state index in [0.29, 0.717) is 19.6 Å². The van der Waals surface area contributed by atoms with Crippen molar-refractivity contribution in [2.45, 2.75) is 40.0 Å². The number of hydrogen-bond acceptors (Lipinski definition) is 3. The summed E-state index contributed by atoms with van der Waals surface area (Å²) in [6.07, 6.45) is 2.79. The molecule has 0 unspecified atom stereocenters. The molecule has 0 aliphatic rings. The Morgan fingerprint density at radius 3 is 1.94 bits per heavy atom. The van der Waals surface area contributed by atoms with Crippen LogP contribution in [0.3, 0.4) is 0 Å². The molecule has 0 atom stereocenters. The molecule has 0 aliphatic carbocycles. The Kier molecular flexibility index (Phi) is 8.89. The summed E-state index contributed by atoms with van der Waals surface area (Å²) in [6, 6.07) is 0. The molecule has 0 saturated heterocycles. The van der Waals surface area contributed by atoms with Gasteiger partial charge in [-0.05, 0) is 25.8 Å². The van der Waals surface area contributed by atoms with E-state index in [1.54, 1.807) is 4.31 Å². The highest BCUT2D eigenvalue weighted by Gasteiger charge is 2.19. The molecule has 4 nitrogen and oxygen atoms in total. The minimum Gasteiger partial charge on any atom is -0.316 e. The first-order chi connectivity index (χ1) is 7.58. The van der Waals surface area contributed by atoms with E-state index < -0.39 is 10.0 Å². The summed E-state index contributed by atoms with van der Waals surface area (Å²) < 4.78 is 25.5. The average molecular weight is 250 g/mol. The molecule has 0 rings (SSSR count). The van der Waals surface area contributed by atoms with Crippen LogP contribution in [-0.2, 0) is 10.0 Å². The highest BCUT2D eigenvalue weighted by molar-refractivity contribution is 7.89. The van der Waals surface area contributed by atoms with Crippen molar-refractivity contribution in [2.24, 2.45) is 0 Å². The predicted molar refractivity (Wildman–Crippen MR) is 69.1 cm³/mol. The van der Waals surface area contributed by atoms with E-state index in [1.165, 1.54) is 0 Å². The van der Waals surface area contributed by atoms with Crippen LogP contribution in [0, 0.1) is 0 Å². The van der Waals surface area contributed by atoms with Gasteiger partial charge in [-0.25, -0.2) is 12.7 Å². The third-order valence-corrected chi connectivity index (χ3v) is 4.17. The van der Waals surface area contributed by atoms with Crippen LogP contribution in [-0.4, -0.2) is 44.7 Å². The molecule has 0 aromatic heterocycles. The topological polar surface area (TPSA) is 49.4 Å². The van der Waals surface area contributed by atoms with Gasteiger partial charge in [0.1, 0.15) is 0 Å². The van der Waals surface area contributed by atoms with E-state index in [2.05, 4.69) is 12.2 Å². The SMILES string of the molecule is CCCNCCS(=O)(=O)N(CCC)CCC. The van der Waals surface area contributed by atoms with Crippen LogP contribution in [0.25, 0.3) is 0 Å². The summed E-state index contributed by atoms with van der Waals surface area (Å²) >= 11 is 0. The molecule has 0 aromatic rings. The first kappa shape index (κ1) is 15.9. The third kappa shape index (κ3) is 6.45. The van der Waals surface area contributed by atoms with Gasteiger partial charge in [-0.1, -0.05) is 20.8 Å². The highest BCUT2D eigenvalue weighted by Crippen LogP contribution is 2.03. The van der Waals surface area contributed by atoms with Crippen LogP contribution < -0.4 is 5.32 Å². The Labute approximate surface area is 100 Å². The molecule has 0 aromatic carbocycles. The number of hydrogen-bond donors (Lipinski definition) is 1. The molecule has 0 spiro atoms. The van der Waals surface area contributed by atoms with Gasteiger partial charge < -0.3 is 5.32 Å². The Bertz CT molecular complexity index is 247. The maximum atomic E-state index is 12.0. The summed E-state index contributed by atoms with van der Waals surface area (Å²) in [5, 5.41) is 3.12. The quantitative estimate of drug-likeness (QED) is 0.597. The van der Waals surface area contributed by atoms with Gasteiger partial charge in [0, 0.05) is 19.6 Å². The Morgan fingerprint density at radius 1 is 0.938 bits per heavy atom. The Hall–Kier alpha value is -0.130. The predicted octanol–water partition coefficient (Wildman–Crippen LogP) is 1.44. The van der Waals surface area contributed by atoms with Crippen molar-refractivity contribution in [1.82, 2.24) is 9.62 Å². The minimum absolute atomic E-state index is 0.215. The number of nitrogens with one attached hydrogen (secondary N) is 1. The van der Waals surface area contributed by atoms with Crippen molar-refractivity contribution >= 4 is 10.0 Å². The van der Waals surface area contributed by atoms with E-state index in [-0.39, 0.29) is 5.75 Å². The van der Waals surface area contributed by atoms with Crippen LogP contribution in [0.2, 0.25) is 0 Å². The minimum atomic E-state index is -3.06. The van der Waals surface area contributed by atoms with Crippen molar-refractivity contribution in [3.63, 3.8) is 0 Å². The first-order valence-corrected chi connectivity index (χ1v) is 7.87. The lowest BCUT2D eigenvalue weighted by molar-refractivity contribution is 0.409. The van der Waals surface area contributed by atoms with Gasteiger partial charge in [0.25, 0.3) is 0 Å². The zero-order valence-electron chi connectivity index (χ0n) is 10.8. The largest absolute Gasteiger partial charge is 0.316 e. The summed E-state index contributed by atoms with van der Waals surface area (Å²) in [4.78, 5) is 0. The second-order valence-corrected chi connectivity index (χ2v) is 6.05. The highest BCUT2D eigenvalue weighted by atomic mass is 32.2. The smallest absolute Gasteiger partial charge is 0.215 e. The van der Waals surface area contributed by atoms with Gasteiger partial charge >= 0.3 is 0 Å². The van der Waals surface area contributed by atoms with Crippen LogP contribution >= 0.6 is 0 Å². The Balaban J connectivity index is 4.13. The van der Waals surface area contributed by atoms with E-state index >= 15 is 0 Å². The fraction of sp³-hybridized carbons (Fsp3) is 1.00.